The maximum absolute atomic E-state index is 12.7. The first-order valence-corrected chi connectivity index (χ1v) is 14.0. The molecule has 5 rings (SSSR count). The number of hydrogen-bond donors (Lipinski definition) is 2. The number of benzene rings is 1. The molecule has 0 spiro atoms. The summed E-state index contributed by atoms with van der Waals surface area (Å²) in [5, 5.41) is 7.14. The van der Waals surface area contributed by atoms with Crippen LogP contribution >= 0.6 is 12.2 Å². The molecule has 4 aromatic rings. The Morgan fingerprint density at radius 3 is 2.56 bits per heavy atom. The Hall–Kier alpha value is -4.24. The first kappa shape index (κ1) is 28.3. The largest absolute Gasteiger partial charge is 0.494 e. The van der Waals surface area contributed by atoms with E-state index in [-0.39, 0.29) is 18.0 Å². The van der Waals surface area contributed by atoms with Crippen molar-refractivity contribution in [2.45, 2.75) is 53.2 Å². The van der Waals surface area contributed by atoms with E-state index < -0.39 is 5.41 Å². The maximum atomic E-state index is 12.7. The molecular weight excluding hydrogens is 532 g/mol. The molecule has 0 bridgehead atoms. The first-order valence-electron chi connectivity index (χ1n) is 13.6. The van der Waals surface area contributed by atoms with Crippen molar-refractivity contribution in [1.82, 2.24) is 19.9 Å². The minimum Gasteiger partial charge on any atom is -0.494 e. The van der Waals surface area contributed by atoms with Gasteiger partial charge in [0.05, 0.1) is 30.6 Å². The molecule has 1 aliphatic rings. The van der Waals surface area contributed by atoms with Gasteiger partial charge in [0, 0.05) is 53.7 Å². The van der Waals surface area contributed by atoms with E-state index in [4.69, 9.17) is 21.9 Å². The number of methoxy groups -OCH3 is 1. The van der Waals surface area contributed by atoms with Crippen LogP contribution in [0.4, 0.5) is 11.4 Å². The summed E-state index contributed by atoms with van der Waals surface area (Å²) >= 11 is 5.96. The van der Waals surface area contributed by atoms with Crippen molar-refractivity contribution in [2.24, 2.45) is 5.41 Å². The van der Waals surface area contributed by atoms with Crippen LogP contribution in [0.1, 0.15) is 61.1 Å². The summed E-state index contributed by atoms with van der Waals surface area (Å²) in [4.78, 5) is 23.8. The van der Waals surface area contributed by atoms with Gasteiger partial charge in [-0.25, -0.2) is 0 Å². The summed E-state index contributed by atoms with van der Waals surface area (Å²) in [6, 6.07) is 17.6. The van der Waals surface area contributed by atoms with Crippen molar-refractivity contribution in [3.8, 4) is 5.75 Å². The van der Waals surface area contributed by atoms with Crippen molar-refractivity contribution in [1.29, 1.82) is 0 Å². The van der Waals surface area contributed by atoms with E-state index in [9.17, 15) is 4.79 Å². The Kier molecular flexibility index (Phi) is 7.82. The Morgan fingerprint density at radius 2 is 1.90 bits per heavy atom. The number of hydrogen-bond acceptors (Lipinski definition) is 5. The third kappa shape index (κ3) is 5.67. The fraction of sp³-hybridized carbons (Fsp3) is 0.312. The molecule has 8 nitrogen and oxygen atoms in total. The van der Waals surface area contributed by atoms with E-state index in [1.807, 2.05) is 69.4 Å². The minimum atomic E-state index is -0.538. The average Bonchev–Trinajstić information content (AvgIpc) is 3.44. The lowest BCUT2D eigenvalue weighted by atomic mass is 9.95. The summed E-state index contributed by atoms with van der Waals surface area (Å²) in [5.74, 6) is 0.473. The van der Waals surface area contributed by atoms with Crippen LogP contribution in [0.2, 0.25) is 0 Å². The van der Waals surface area contributed by atoms with Gasteiger partial charge in [-0.2, -0.15) is 0 Å². The van der Waals surface area contributed by atoms with Crippen molar-refractivity contribution in [3.63, 3.8) is 0 Å². The van der Waals surface area contributed by atoms with Crippen LogP contribution in [0, 0.1) is 19.3 Å². The van der Waals surface area contributed by atoms with Crippen LogP contribution in [0.25, 0.3) is 0 Å². The molecule has 0 aliphatic carbocycles. The van der Waals surface area contributed by atoms with Crippen LogP contribution in [-0.4, -0.2) is 32.7 Å². The van der Waals surface area contributed by atoms with Gasteiger partial charge in [0.1, 0.15) is 5.75 Å². The summed E-state index contributed by atoms with van der Waals surface area (Å²) < 4.78 is 8.05. The number of pyridine rings is 2. The second-order valence-electron chi connectivity index (χ2n) is 11.4. The molecule has 4 heterocycles. The second kappa shape index (κ2) is 11.3. The summed E-state index contributed by atoms with van der Waals surface area (Å²) in [6.07, 6.45) is 5.50. The Balaban J connectivity index is 1.59. The van der Waals surface area contributed by atoms with Crippen LogP contribution in [0.5, 0.6) is 5.75 Å². The SMILES string of the molecule is COc1cc(N2C(=S)NC(c3ccccn3)C2c2cc(C)n(Cc3cccnc3)c2C)ccc1NC(=O)C(C)(C)C. The summed E-state index contributed by atoms with van der Waals surface area (Å²) in [5.41, 5.74) is 6.42. The zero-order valence-corrected chi connectivity index (χ0v) is 25.1. The van der Waals surface area contributed by atoms with Crippen LogP contribution in [0.3, 0.4) is 0 Å². The van der Waals surface area contributed by atoms with Gasteiger partial charge < -0.3 is 24.8 Å². The van der Waals surface area contributed by atoms with Gasteiger partial charge in [-0.3, -0.25) is 14.8 Å². The van der Waals surface area contributed by atoms with E-state index in [1.165, 1.54) is 0 Å². The fourth-order valence-corrected chi connectivity index (χ4v) is 5.58. The molecule has 212 valence electrons. The molecule has 9 heteroatoms. The van der Waals surface area contributed by atoms with E-state index >= 15 is 0 Å². The first-order chi connectivity index (χ1) is 19.6. The molecule has 1 amide bonds. The third-order valence-electron chi connectivity index (χ3n) is 7.49. The zero-order valence-electron chi connectivity index (χ0n) is 24.3. The van der Waals surface area contributed by atoms with Crippen molar-refractivity contribution < 1.29 is 9.53 Å². The highest BCUT2D eigenvalue weighted by molar-refractivity contribution is 7.80. The average molecular weight is 569 g/mol. The lowest BCUT2D eigenvalue weighted by molar-refractivity contribution is -0.123. The van der Waals surface area contributed by atoms with E-state index in [1.54, 1.807) is 19.5 Å². The molecule has 2 unspecified atom stereocenters. The molecule has 1 aromatic carbocycles. The van der Waals surface area contributed by atoms with Gasteiger partial charge in [-0.1, -0.05) is 32.9 Å². The topological polar surface area (TPSA) is 84.3 Å². The highest BCUT2D eigenvalue weighted by Crippen LogP contribution is 2.45. The predicted molar refractivity (Wildman–Crippen MR) is 166 cm³/mol. The van der Waals surface area contributed by atoms with Crippen molar-refractivity contribution in [3.05, 3.63) is 101 Å². The maximum Gasteiger partial charge on any atom is 0.229 e. The standard InChI is InChI=1S/C32H36N6O2S/c1-20-16-24(21(2)37(20)19-22-10-9-14-33-18-22)29-28(26-11-7-8-15-34-26)36-31(41)38(29)23-12-13-25(27(17-23)40-6)35-30(39)32(3,4)5/h7-18,28-29H,19H2,1-6H3,(H,35,39)(H,36,41). The van der Waals surface area contributed by atoms with E-state index in [0.29, 0.717) is 16.5 Å². The normalized spacial score (nSPS) is 16.9. The van der Waals surface area contributed by atoms with Gasteiger partial charge >= 0.3 is 0 Å². The highest BCUT2D eigenvalue weighted by Gasteiger charge is 2.42. The molecule has 0 radical (unpaired) electrons. The molecule has 2 N–H and O–H groups in total. The number of anilines is 2. The van der Waals surface area contributed by atoms with Gasteiger partial charge in [0.2, 0.25) is 5.91 Å². The zero-order chi connectivity index (χ0) is 29.3. The molecule has 1 saturated heterocycles. The molecule has 2 atom stereocenters. The van der Waals surface area contributed by atoms with E-state index in [0.717, 1.165) is 40.4 Å². The second-order valence-corrected chi connectivity index (χ2v) is 11.7. The van der Waals surface area contributed by atoms with Crippen LogP contribution < -0.4 is 20.3 Å². The molecule has 41 heavy (non-hydrogen) atoms. The van der Waals surface area contributed by atoms with Gasteiger partial charge in [0.15, 0.2) is 5.11 Å². The number of carbonyl (C=O) groups excluding carboxylic acids is 1. The number of ether oxygens (including phenoxy) is 1. The van der Waals surface area contributed by atoms with Gasteiger partial charge in [-0.05, 0) is 73.6 Å². The Labute approximate surface area is 246 Å². The summed E-state index contributed by atoms with van der Waals surface area (Å²) in [6.45, 7) is 10.6. The number of aromatic nitrogens is 3. The number of carbonyl (C=O) groups is 1. The van der Waals surface area contributed by atoms with Crippen molar-refractivity contribution >= 4 is 34.6 Å². The number of nitrogens with one attached hydrogen (secondary N) is 2. The number of aryl methyl sites for hydroxylation is 1. The quantitative estimate of drug-likeness (QED) is 0.260. The fourth-order valence-electron chi connectivity index (χ4n) is 5.24. The Bertz CT molecular complexity index is 1560. The smallest absolute Gasteiger partial charge is 0.229 e. The monoisotopic (exact) mass is 568 g/mol. The summed E-state index contributed by atoms with van der Waals surface area (Å²) in [7, 11) is 1.60. The number of amides is 1. The number of nitrogens with zero attached hydrogens (tertiary/aromatic N) is 4. The third-order valence-corrected chi connectivity index (χ3v) is 7.80. The van der Waals surface area contributed by atoms with Crippen LogP contribution in [0.15, 0.2) is 73.2 Å². The highest BCUT2D eigenvalue weighted by atomic mass is 32.1. The lowest BCUT2D eigenvalue weighted by Gasteiger charge is -2.29. The van der Waals surface area contributed by atoms with Gasteiger partial charge in [0.25, 0.3) is 0 Å². The van der Waals surface area contributed by atoms with E-state index in [2.05, 4.69) is 51.1 Å². The number of thiocarbonyl (C=S) groups is 1. The molecule has 3 aromatic heterocycles. The van der Waals surface area contributed by atoms with Gasteiger partial charge in [-0.15, -0.1) is 0 Å². The van der Waals surface area contributed by atoms with Crippen LogP contribution in [-0.2, 0) is 11.3 Å². The van der Waals surface area contributed by atoms with Crippen molar-refractivity contribution in [2.75, 3.05) is 17.3 Å². The molecule has 0 saturated carbocycles. The number of rotatable bonds is 7. The Morgan fingerprint density at radius 1 is 1.10 bits per heavy atom. The predicted octanol–water partition coefficient (Wildman–Crippen LogP) is 6.11. The minimum absolute atomic E-state index is 0.0870. The molecule has 1 aliphatic heterocycles. The molecule has 1 fully saturated rings. The molecular formula is C32H36N6O2S. The lowest BCUT2D eigenvalue weighted by Crippen LogP contribution is -2.30.